The Kier molecular flexibility index (Phi) is 3.53. The number of carboxylic acid groups (broad SMARTS) is 1. The summed E-state index contributed by atoms with van der Waals surface area (Å²) in [5.74, 6) is -0.684. The van der Waals surface area contributed by atoms with Crippen LogP contribution < -0.4 is 0 Å². The number of carbonyl (C=O) groups is 1. The number of ether oxygens (including phenoxy) is 2. The monoisotopic (exact) mass is 262 g/mol. The van der Waals surface area contributed by atoms with Crippen molar-refractivity contribution in [2.75, 3.05) is 6.61 Å². The smallest absolute Gasteiger partial charge is 0.309 e. The van der Waals surface area contributed by atoms with Crippen molar-refractivity contribution in [2.45, 2.75) is 31.7 Å². The molecule has 4 unspecified atom stereocenters. The lowest BCUT2D eigenvalue weighted by Crippen LogP contribution is -2.30. The van der Waals surface area contributed by atoms with E-state index in [-0.39, 0.29) is 18.1 Å². The number of hydrogen-bond acceptors (Lipinski definition) is 3. The van der Waals surface area contributed by atoms with Crippen molar-refractivity contribution >= 4 is 5.97 Å². The van der Waals surface area contributed by atoms with Gasteiger partial charge in [-0.05, 0) is 18.4 Å². The van der Waals surface area contributed by atoms with Gasteiger partial charge in [-0.25, -0.2) is 0 Å². The SMILES string of the molecule is O=C(O)C1CC2OC1CC2COCc1ccccc1. The van der Waals surface area contributed by atoms with E-state index in [1.807, 2.05) is 30.3 Å². The second kappa shape index (κ2) is 5.31. The van der Waals surface area contributed by atoms with Crippen LogP contribution in [0.15, 0.2) is 30.3 Å². The summed E-state index contributed by atoms with van der Waals surface area (Å²) in [5.41, 5.74) is 1.16. The lowest BCUT2D eigenvalue weighted by molar-refractivity contribution is -0.143. The van der Waals surface area contributed by atoms with E-state index in [2.05, 4.69) is 0 Å². The summed E-state index contributed by atoms with van der Waals surface area (Å²) in [6.45, 7) is 1.26. The maximum atomic E-state index is 11.0. The van der Waals surface area contributed by atoms with E-state index in [0.29, 0.717) is 25.6 Å². The van der Waals surface area contributed by atoms with E-state index in [9.17, 15) is 4.79 Å². The molecule has 1 aromatic carbocycles. The molecule has 102 valence electrons. The van der Waals surface area contributed by atoms with Crippen LogP contribution in [0.3, 0.4) is 0 Å². The average molecular weight is 262 g/mol. The van der Waals surface area contributed by atoms with E-state index in [1.54, 1.807) is 0 Å². The maximum Gasteiger partial charge on any atom is 0.309 e. The van der Waals surface area contributed by atoms with Crippen molar-refractivity contribution in [3.05, 3.63) is 35.9 Å². The van der Waals surface area contributed by atoms with E-state index >= 15 is 0 Å². The van der Waals surface area contributed by atoms with Crippen LogP contribution in [0.2, 0.25) is 0 Å². The summed E-state index contributed by atoms with van der Waals surface area (Å²) in [6.07, 6.45) is 1.42. The molecule has 2 heterocycles. The molecule has 0 aromatic heterocycles. The highest BCUT2D eigenvalue weighted by Gasteiger charge is 2.49. The Balaban J connectivity index is 1.45. The molecular weight excluding hydrogens is 244 g/mol. The summed E-state index contributed by atoms with van der Waals surface area (Å²) in [6, 6.07) is 10.1. The fourth-order valence-electron chi connectivity index (χ4n) is 3.09. The Hall–Kier alpha value is -1.39. The first-order valence-corrected chi connectivity index (χ1v) is 6.74. The lowest BCUT2D eigenvalue weighted by Gasteiger charge is -2.21. The standard InChI is InChI=1S/C15H18O4/c16-15(17)12-7-13-11(6-14(12)19-13)9-18-8-10-4-2-1-3-5-10/h1-5,11-14H,6-9H2,(H,16,17). The number of fused-ring (bicyclic) bond motifs is 2. The van der Waals surface area contributed by atoms with Crippen molar-refractivity contribution in [3.8, 4) is 0 Å². The van der Waals surface area contributed by atoms with Gasteiger partial charge in [0, 0.05) is 5.92 Å². The zero-order chi connectivity index (χ0) is 13.2. The van der Waals surface area contributed by atoms with Crippen LogP contribution in [0.1, 0.15) is 18.4 Å². The number of benzene rings is 1. The fraction of sp³-hybridized carbons (Fsp3) is 0.533. The third kappa shape index (κ3) is 2.65. The normalized spacial score (nSPS) is 32.6. The molecule has 1 aromatic rings. The molecule has 2 aliphatic rings. The molecule has 2 fully saturated rings. The van der Waals surface area contributed by atoms with Gasteiger partial charge in [-0.15, -0.1) is 0 Å². The van der Waals surface area contributed by atoms with Crippen LogP contribution in [0, 0.1) is 11.8 Å². The highest BCUT2D eigenvalue weighted by molar-refractivity contribution is 5.71. The van der Waals surface area contributed by atoms with Gasteiger partial charge in [-0.3, -0.25) is 4.79 Å². The number of aliphatic carboxylic acids is 1. The van der Waals surface area contributed by atoms with E-state index < -0.39 is 5.97 Å². The summed E-state index contributed by atoms with van der Waals surface area (Å²) in [5, 5.41) is 9.04. The molecule has 0 saturated carbocycles. The Morgan fingerprint density at radius 2 is 2.05 bits per heavy atom. The highest BCUT2D eigenvalue weighted by atomic mass is 16.5. The third-order valence-corrected chi connectivity index (χ3v) is 4.11. The predicted octanol–water partition coefficient (Wildman–Crippen LogP) is 2.08. The van der Waals surface area contributed by atoms with Crippen molar-refractivity contribution in [1.29, 1.82) is 0 Å². The van der Waals surface area contributed by atoms with E-state index in [0.717, 1.165) is 12.0 Å². The van der Waals surface area contributed by atoms with Gasteiger partial charge in [0.15, 0.2) is 0 Å². The fourth-order valence-corrected chi connectivity index (χ4v) is 3.09. The molecule has 4 nitrogen and oxygen atoms in total. The largest absolute Gasteiger partial charge is 0.481 e. The summed E-state index contributed by atoms with van der Waals surface area (Å²) >= 11 is 0. The predicted molar refractivity (Wildman–Crippen MR) is 68.6 cm³/mol. The van der Waals surface area contributed by atoms with Gasteiger partial charge in [-0.1, -0.05) is 30.3 Å². The first-order chi connectivity index (χ1) is 9.24. The first kappa shape index (κ1) is 12.6. The van der Waals surface area contributed by atoms with Gasteiger partial charge >= 0.3 is 5.97 Å². The van der Waals surface area contributed by atoms with Gasteiger partial charge in [0.2, 0.25) is 0 Å². The molecule has 4 heteroatoms. The number of rotatable bonds is 5. The Labute approximate surface area is 112 Å². The topological polar surface area (TPSA) is 55.8 Å². The van der Waals surface area contributed by atoms with Crippen LogP contribution in [0.5, 0.6) is 0 Å². The summed E-state index contributed by atoms with van der Waals surface area (Å²) in [4.78, 5) is 11.0. The minimum atomic E-state index is -0.726. The highest BCUT2D eigenvalue weighted by Crippen LogP contribution is 2.42. The molecule has 1 N–H and O–H groups in total. The zero-order valence-corrected chi connectivity index (χ0v) is 10.7. The molecular formula is C15H18O4. The van der Waals surface area contributed by atoms with Crippen molar-refractivity contribution in [2.24, 2.45) is 11.8 Å². The van der Waals surface area contributed by atoms with Crippen LogP contribution in [0.4, 0.5) is 0 Å². The number of hydrogen-bond donors (Lipinski definition) is 1. The molecule has 2 bridgehead atoms. The summed E-state index contributed by atoms with van der Waals surface area (Å²) < 4.78 is 11.4. The lowest BCUT2D eigenvalue weighted by atomic mass is 9.82. The Morgan fingerprint density at radius 1 is 1.26 bits per heavy atom. The average Bonchev–Trinajstić information content (AvgIpc) is 2.99. The van der Waals surface area contributed by atoms with E-state index in [4.69, 9.17) is 14.6 Å². The van der Waals surface area contributed by atoms with E-state index in [1.165, 1.54) is 0 Å². The second-order valence-electron chi connectivity index (χ2n) is 5.39. The maximum absolute atomic E-state index is 11.0. The van der Waals surface area contributed by atoms with Crippen LogP contribution in [0.25, 0.3) is 0 Å². The van der Waals surface area contributed by atoms with Crippen molar-refractivity contribution in [3.63, 3.8) is 0 Å². The molecule has 0 aliphatic carbocycles. The van der Waals surface area contributed by atoms with Crippen molar-refractivity contribution in [1.82, 2.24) is 0 Å². The van der Waals surface area contributed by atoms with Gasteiger partial charge < -0.3 is 14.6 Å². The summed E-state index contributed by atoms with van der Waals surface area (Å²) in [7, 11) is 0. The zero-order valence-electron chi connectivity index (χ0n) is 10.7. The molecule has 2 saturated heterocycles. The molecule has 0 amide bonds. The van der Waals surface area contributed by atoms with Crippen molar-refractivity contribution < 1.29 is 19.4 Å². The molecule has 3 rings (SSSR count). The Morgan fingerprint density at radius 3 is 2.68 bits per heavy atom. The van der Waals surface area contributed by atoms with Gasteiger partial charge in [0.1, 0.15) is 0 Å². The van der Waals surface area contributed by atoms with Crippen LogP contribution >= 0.6 is 0 Å². The molecule has 4 atom stereocenters. The second-order valence-corrected chi connectivity index (χ2v) is 5.39. The molecule has 0 spiro atoms. The van der Waals surface area contributed by atoms with Gasteiger partial charge in [-0.2, -0.15) is 0 Å². The Bertz CT molecular complexity index is 445. The molecule has 2 aliphatic heterocycles. The third-order valence-electron chi connectivity index (χ3n) is 4.11. The molecule has 19 heavy (non-hydrogen) atoms. The first-order valence-electron chi connectivity index (χ1n) is 6.74. The minimum Gasteiger partial charge on any atom is -0.481 e. The van der Waals surface area contributed by atoms with Gasteiger partial charge in [0.25, 0.3) is 0 Å². The molecule has 0 radical (unpaired) electrons. The quantitative estimate of drug-likeness (QED) is 0.882. The van der Waals surface area contributed by atoms with Crippen LogP contribution in [-0.4, -0.2) is 29.9 Å². The van der Waals surface area contributed by atoms with Crippen LogP contribution in [-0.2, 0) is 20.9 Å². The number of carboxylic acids is 1. The van der Waals surface area contributed by atoms with Gasteiger partial charge in [0.05, 0.1) is 31.3 Å². The minimum absolute atomic E-state index is 0.0712.